The van der Waals surface area contributed by atoms with Gasteiger partial charge in [0.15, 0.2) is 0 Å². The smallest absolute Gasteiger partial charge is 0.257 e. The second-order valence-electron chi connectivity index (χ2n) is 8.96. The summed E-state index contributed by atoms with van der Waals surface area (Å²) < 4.78 is 1.77. The van der Waals surface area contributed by atoms with Gasteiger partial charge in [0.25, 0.3) is 5.91 Å². The van der Waals surface area contributed by atoms with Crippen LogP contribution in [0.25, 0.3) is 16.9 Å². The number of para-hydroxylation sites is 1. The second kappa shape index (κ2) is 9.97. The Labute approximate surface area is 205 Å². The van der Waals surface area contributed by atoms with Gasteiger partial charge >= 0.3 is 0 Å². The van der Waals surface area contributed by atoms with E-state index >= 15 is 0 Å². The van der Waals surface area contributed by atoms with Crippen LogP contribution >= 0.6 is 0 Å². The number of nitrogens with one attached hydrogen (secondary N) is 1. The molecule has 1 saturated heterocycles. The van der Waals surface area contributed by atoms with Crippen LogP contribution in [0.1, 0.15) is 28.8 Å². The predicted octanol–water partition coefficient (Wildman–Crippen LogP) is 5.34. The van der Waals surface area contributed by atoms with Crippen molar-refractivity contribution in [2.45, 2.75) is 19.8 Å². The predicted molar refractivity (Wildman–Crippen MR) is 137 cm³/mol. The molecule has 5 rings (SSSR count). The van der Waals surface area contributed by atoms with Gasteiger partial charge in [-0.3, -0.25) is 9.59 Å². The molecule has 1 aliphatic heterocycles. The van der Waals surface area contributed by atoms with Crippen molar-refractivity contribution < 1.29 is 9.59 Å². The maximum absolute atomic E-state index is 13.6. The van der Waals surface area contributed by atoms with E-state index in [1.54, 1.807) is 4.68 Å². The Kier molecular flexibility index (Phi) is 6.44. The quantitative estimate of drug-likeness (QED) is 0.434. The summed E-state index contributed by atoms with van der Waals surface area (Å²) in [5.74, 6) is -0.146. The highest BCUT2D eigenvalue weighted by Gasteiger charge is 2.30. The van der Waals surface area contributed by atoms with E-state index in [0.29, 0.717) is 37.2 Å². The van der Waals surface area contributed by atoms with Crippen LogP contribution in [0.15, 0.2) is 91.1 Å². The van der Waals surface area contributed by atoms with E-state index in [4.69, 9.17) is 5.10 Å². The molecule has 35 heavy (non-hydrogen) atoms. The fourth-order valence-electron chi connectivity index (χ4n) is 4.45. The Morgan fingerprint density at radius 1 is 0.857 bits per heavy atom. The van der Waals surface area contributed by atoms with Crippen molar-refractivity contribution in [2.75, 3.05) is 18.4 Å². The van der Waals surface area contributed by atoms with Gasteiger partial charge in [0.2, 0.25) is 5.91 Å². The first kappa shape index (κ1) is 22.6. The number of piperidine rings is 1. The lowest BCUT2D eigenvalue weighted by atomic mass is 9.95. The number of amides is 2. The molecular formula is C29H28N4O2. The Balaban J connectivity index is 1.34. The normalized spacial score (nSPS) is 14.0. The zero-order valence-corrected chi connectivity index (χ0v) is 19.7. The van der Waals surface area contributed by atoms with Crippen LogP contribution in [0.3, 0.4) is 0 Å². The molecule has 0 atom stereocenters. The van der Waals surface area contributed by atoms with Gasteiger partial charge in [-0.2, -0.15) is 5.10 Å². The lowest BCUT2D eigenvalue weighted by Crippen LogP contribution is -2.41. The van der Waals surface area contributed by atoms with Crippen LogP contribution < -0.4 is 5.32 Å². The Morgan fingerprint density at radius 3 is 2.14 bits per heavy atom. The molecule has 1 fully saturated rings. The molecular weight excluding hydrogens is 436 g/mol. The number of hydrogen-bond donors (Lipinski definition) is 1. The standard InChI is InChI=1S/C29H28N4O2/c1-21-12-14-25(15-13-21)33-20-26(27(31-33)22-8-4-2-5-9-22)29(35)32-18-16-23(17-19-32)28(34)30-24-10-6-3-7-11-24/h2-15,20,23H,16-19H2,1H3,(H,30,34). The summed E-state index contributed by atoms with van der Waals surface area (Å²) >= 11 is 0. The third-order valence-corrected chi connectivity index (χ3v) is 6.48. The highest BCUT2D eigenvalue weighted by Crippen LogP contribution is 2.27. The minimum Gasteiger partial charge on any atom is -0.338 e. The molecule has 1 aliphatic rings. The van der Waals surface area contributed by atoms with E-state index in [2.05, 4.69) is 5.32 Å². The van der Waals surface area contributed by atoms with Gasteiger partial charge in [-0.15, -0.1) is 0 Å². The van der Waals surface area contributed by atoms with Gasteiger partial charge in [0.1, 0.15) is 5.69 Å². The van der Waals surface area contributed by atoms with Crippen LogP contribution in [0.4, 0.5) is 5.69 Å². The molecule has 0 aliphatic carbocycles. The van der Waals surface area contributed by atoms with Gasteiger partial charge in [-0.1, -0.05) is 66.2 Å². The molecule has 3 aromatic carbocycles. The van der Waals surface area contributed by atoms with Gasteiger partial charge in [0.05, 0.1) is 11.3 Å². The summed E-state index contributed by atoms with van der Waals surface area (Å²) in [5, 5.41) is 7.78. The van der Waals surface area contributed by atoms with Crippen molar-refractivity contribution in [1.29, 1.82) is 0 Å². The van der Waals surface area contributed by atoms with Crippen molar-refractivity contribution in [3.05, 3.63) is 102 Å². The number of benzene rings is 3. The molecule has 1 aromatic heterocycles. The Morgan fingerprint density at radius 2 is 1.49 bits per heavy atom. The van der Waals surface area contributed by atoms with Crippen LogP contribution in [-0.2, 0) is 4.79 Å². The van der Waals surface area contributed by atoms with Crippen molar-refractivity contribution in [3.8, 4) is 16.9 Å². The maximum atomic E-state index is 13.6. The number of likely N-dealkylation sites (tertiary alicyclic amines) is 1. The van der Waals surface area contributed by atoms with Crippen molar-refractivity contribution in [1.82, 2.24) is 14.7 Å². The topological polar surface area (TPSA) is 67.2 Å². The summed E-state index contributed by atoms with van der Waals surface area (Å²) in [4.78, 5) is 28.2. The van der Waals surface area contributed by atoms with Gasteiger partial charge in [0, 0.05) is 36.5 Å². The summed E-state index contributed by atoms with van der Waals surface area (Å²) in [6.07, 6.45) is 3.10. The molecule has 6 nitrogen and oxygen atoms in total. The third-order valence-electron chi connectivity index (χ3n) is 6.48. The number of anilines is 1. The Hall–Kier alpha value is -4.19. The monoisotopic (exact) mass is 464 g/mol. The Bertz CT molecular complexity index is 1310. The largest absolute Gasteiger partial charge is 0.338 e. The SMILES string of the molecule is Cc1ccc(-n2cc(C(=O)N3CCC(C(=O)Nc4ccccc4)CC3)c(-c3ccccc3)n2)cc1. The summed E-state index contributed by atoms with van der Waals surface area (Å²) in [7, 11) is 0. The molecule has 0 bridgehead atoms. The van der Waals surface area contributed by atoms with Crippen molar-refractivity contribution in [2.24, 2.45) is 5.92 Å². The van der Waals surface area contributed by atoms with E-state index in [9.17, 15) is 9.59 Å². The van der Waals surface area contributed by atoms with E-state index < -0.39 is 0 Å². The van der Waals surface area contributed by atoms with Crippen LogP contribution in [0.2, 0.25) is 0 Å². The van der Waals surface area contributed by atoms with E-state index in [1.165, 1.54) is 5.56 Å². The molecule has 0 radical (unpaired) electrons. The average Bonchev–Trinajstić information content (AvgIpc) is 3.35. The number of hydrogen-bond acceptors (Lipinski definition) is 3. The molecule has 1 N–H and O–H groups in total. The number of nitrogens with zero attached hydrogens (tertiary/aromatic N) is 3. The fourth-order valence-corrected chi connectivity index (χ4v) is 4.45. The second-order valence-corrected chi connectivity index (χ2v) is 8.96. The first-order valence-corrected chi connectivity index (χ1v) is 12.0. The first-order chi connectivity index (χ1) is 17.1. The number of rotatable bonds is 5. The highest BCUT2D eigenvalue weighted by atomic mass is 16.2. The average molecular weight is 465 g/mol. The minimum atomic E-state index is -0.108. The lowest BCUT2D eigenvalue weighted by Gasteiger charge is -2.31. The van der Waals surface area contributed by atoms with Crippen LogP contribution in [-0.4, -0.2) is 39.6 Å². The molecule has 176 valence electrons. The number of carbonyl (C=O) groups excluding carboxylic acids is 2. The summed E-state index contributed by atoms with van der Waals surface area (Å²) in [6, 6.07) is 27.4. The lowest BCUT2D eigenvalue weighted by molar-refractivity contribution is -0.121. The zero-order valence-electron chi connectivity index (χ0n) is 19.7. The van der Waals surface area contributed by atoms with Crippen molar-refractivity contribution >= 4 is 17.5 Å². The minimum absolute atomic E-state index is 0.0143. The number of aryl methyl sites for hydroxylation is 1. The van der Waals surface area contributed by atoms with Crippen LogP contribution in [0.5, 0.6) is 0 Å². The van der Waals surface area contributed by atoms with Gasteiger partial charge < -0.3 is 10.2 Å². The summed E-state index contributed by atoms with van der Waals surface area (Å²) in [5.41, 5.74) is 5.01. The molecule has 2 amide bonds. The molecule has 0 spiro atoms. The first-order valence-electron chi connectivity index (χ1n) is 12.0. The molecule has 0 saturated carbocycles. The van der Waals surface area contributed by atoms with Crippen molar-refractivity contribution in [3.63, 3.8) is 0 Å². The van der Waals surface area contributed by atoms with Gasteiger partial charge in [-0.05, 0) is 44.0 Å². The summed E-state index contributed by atoms with van der Waals surface area (Å²) in [6.45, 7) is 3.12. The molecule has 4 aromatic rings. The highest BCUT2D eigenvalue weighted by molar-refractivity contribution is 6.00. The molecule has 2 heterocycles. The molecule has 0 unspecified atom stereocenters. The maximum Gasteiger partial charge on any atom is 0.257 e. The van der Waals surface area contributed by atoms with Crippen LogP contribution in [0, 0.1) is 12.8 Å². The number of aromatic nitrogens is 2. The zero-order chi connectivity index (χ0) is 24.2. The van der Waals surface area contributed by atoms with E-state index in [-0.39, 0.29) is 17.7 Å². The van der Waals surface area contributed by atoms with E-state index in [0.717, 1.165) is 16.9 Å². The third kappa shape index (κ3) is 5.01. The number of carbonyl (C=O) groups is 2. The fraction of sp³-hybridized carbons (Fsp3) is 0.207. The molecule has 6 heteroatoms. The van der Waals surface area contributed by atoms with Gasteiger partial charge in [-0.25, -0.2) is 4.68 Å². The van der Waals surface area contributed by atoms with E-state index in [1.807, 2.05) is 103 Å².